The fourth-order valence-corrected chi connectivity index (χ4v) is 4.68. The number of thioether (sulfide) groups is 1. The van der Waals surface area contributed by atoms with Gasteiger partial charge in [-0.25, -0.2) is 0 Å². The van der Waals surface area contributed by atoms with Crippen LogP contribution in [0.4, 0.5) is 0 Å². The number of carbonyl (C=O) groups is 1. The van der Waals surface area contributed by atoms with Crippen molar-refractivity contribution < 1.29 is 14.3 Å². The smallest absolute Gasteiger partial charge is 0.283 e. The molecule has 4 rings (SSSR count). The molecule has 1 N–H and O–H groups in total. The van der Waals surface area contributed by atoms with Crippen LogP contribution < -0.4 is 9.47 Å². The van der Waals surface area contributed by atoms with Gasteiger partial charge in [-0.3, -0.25) is 15.1 Å². The number of hydrogen-bond donors (Lipinski definition) is 1. The van der Waals surface area contributed by atoms with Gasteiger partial charge in [0.15, 0.2) is 16.7 Å². The Kier molecular flexibility index (Phi) is 6.02. The summed E-state index contributed by atoms with van der Waals surface area (Å²) in [7, 11) is 1.57. The second-order valence-corrected chi connectivity index (χ2v) is 9.20. The topological polar surface area (TPSA) is 75.0 Å². The summed E-state index contributed by atoms with van der Waals surface area (Å²) >= 11 is 4.94. The fraction of sp³-hybridized carbons (Fsp3) is 0.174. The Morgan fingerprint density at radius 1 is 1.26 bits per heavy atom. The zero-order valence-corrected chi connectivity index (χ0v) is 19.6. The number of hydrogen-bond acceptors (Lipinski definition) is 5. The van der Waals surface area contributed by atoms with Crippen LogP contribution in [0.25, 0.3) is 6.08 Å². The highest BCUT2D eigenvalue weighted by atomic mass is 79.9. The lowest BCUT2D eigenvalue weighted by molar-refractivity contribution is -0.114. The molecule has 0 unspecified atom stereocenters. The fourth-order valence-electron chi connectivity index (χ4n) is 3.29. The Bertz CT molecular complexity index is 1190. The van der Waals surface area contributed by atoms with Crippen LogP contribution in [-0.2, 0) is 11.4 Å². The van der Waals surface area contributed by atoms with Gasteiger partial charge in [0.1, 0.15) is 12.4 Å². The number of rotatable bonds is 5. The molecule has 2 aliphatic heterocycles. The molecule has 0 aliphatic carbocycles. The number of fused-ring (bicyclic) bond motifs is 1. The molecule has 0 radical (unpaired) electrons. The first kappa shape index (κ1) is 21.4. The average molecular weight is 498 g/mol. The Balaban J connectivity index is 1.62. The van der Waals surface area contributed by atoms with E-state index in [9.17, 15) is 4.79 Å². The molecule has 2 aliphatic rings. The van der Waals surface area contributed by atoms with Gasteiger partial charge in [-0.2, -0.15) is 4.99 Å². The Morgan fingerprint density at radius 2 is 2.06 bits per heavy atom. The van der Waals surface area contributed by atoms with Gasteiger partial charge < -0.3 is 9.47 Å². The predicted molar refractivity (Wildman–Crippen MR) is 128 cm³/mol. The van der Waals surface area contributed by atoms with Crippen LogP contribution in [0.2, 0.25) is 0 Å². The number of benzene rings is 2. The van der Waals surface area contributed by atoms with E-state index in [0.717, 1.165) is 10.5 Å². The van der Waals surface area contributed by atoms with Crippen molar-refractivity contribution in [2.45, 2.75) is 20.5 Å². The van der Waals surface area contributed by atoms with Crippen molar-refractivity contribution in [2.24, 2.45) is 4.99 Å². The van der Waals surface area contributed by atoms with Crippen molar-refractivity contribution in [1.82, 2.24) is 4.90 Å². The minimum atomic E-state index is -0.429. The molecule has 0 aromatic heterocycles. The lowest BCUT2D eigenvalue weighted by Crippen LogP contribution is -2.35. The van der Waals surface area contributed by atoms with Crippen LogP contribution in [0.1, 0.15) is 23.6 Å². The van der Waals surface area contributed by atoms with E-state index in [1.54, 1.807) is 24.2 Å². The maximum atomic E-state index is 12.5. The number of carbonyl (C=O) groups excluding carboxylic acids is 1. The zero-order valence-electron chi connectivity index (χ0n) is 17.2. The van der Waals surface area contributed by atoms with Gasteiger partial charge in [0.05, 0.1) is 17.2 Å². The second kappa shape index (κ2) is 8.72. The number of halogens is 1. The van der Waals surface area contributed by atoms with Crippen LogP contribution >= 0.6 is 27.7 Å². The molecule has 0 bridgehead atoms. The number of allylic oxidation sites excluding steroid dienone is 1. The number of nitrogens with zero attached hydrogens (tertiary/aromatic N) is 2. The van der Waals surface area contributed by atoms with Crippen LogP contribution in [0.3, 0.4) is 0 Å². The molecule has 2 heterocycles. The number of amides is 1. The number of aryl methyl sites for hydroxylation is 1. The largest absolute Gasteiger partial charge is 0.493 e. The predicted octanol–water partition coefficient (Wildman–Crippen LogP) is 5.51. The van der Waals surface area contributed by atoms with E-state index in [1.807, 2.05) is 44.3 Å². The van der Waals surface area contributed by atoms with E-state index < -0.39 is 5.91 Å². The third kappa shape index (κ3) is 4.45. The van der Waals surface area contributed by atoms with Gasteiger partial charge in [0.25, 0.3) is 5.91 Å². The lowest BCUT2D eigenvalue weighted by Gasteiger charge is -2.22. The molecule has 2 aromatic rings. The van der Waals surface area contributed by atoms with E-state index in [2.05, 4.69) is 27.0 Å². The normalized spacial score (nSPS) is 16.9. The quantitative estimate of drug-likeness (QED) is 0.551. The molecule has 0 spiro atoms. The maximum Gasteiger partial charge on any atom is 0.283 e. The summed E-state index contributed by atoms with van der Waals surface area (Å²) in [6, 6.07) is 11.7. The molecule has 0 atom stereocenters. The molecule has 31 heavy (non-hydrogen) atoms. The first-order valence-corrected chi connectivity index (χ1v) is 11.1. The van der Waals surface area contributed by atoms with Crippen LogP contribution in [0.5, 0.6) is 11.5 Å². The third-order valence-electron chi connectivity index (χ3n) is 4.72. The molecular weight excluding hydrogens is 478 g/mol. The summed E-state index contributed by atoms with van der Waals surface area (Å²) in [6.45, 7) is 4.36. The van der Waals surface area contributed by atoms with E-state index in [-0.39, 0.29) is 11.4 Å². The Morgan fingerprint density at radius 3 is 2.81 bits per heavy atom. The first-order valence-electron chi connectivity index (χ1n) is 9.50. The number of methoxy groups -OCH3 is 1. The van der Waals surface area contributed by atoms with Gasteiger partial charge in [-0.05, 0) is 59.1 Å². The molecule has 0 fully saturated rings. The highest BCUT2D eigenvalue weighted by molar-refractivity contribution is 9.10. The summed E-state index contributed by atoms with van der Waals surface area (Å²) in [6.07, 6.45) is 3.46. The van der Waals surface area contributed by atoms with Gasteiger partial charge in [0.2, 0.25) is 0 Å². The van der Waals surface area contributed by atoms with Crippen molar-refractivity contribution in [3.8, 4) is 11.5 Å². The number of ether oxygens (including phenoxy) is 2. The van der Waals surface area contributed by atoms with Crippen LogP contribution in [0, 0.1) is 12.3 Å². The average Bonchev–Trinajstić information content (AvgIpc) is 3.10. The van der Waals surface area contributed by atoms with Gasteiger partial charge >= 0.3 is 0 Å². The monoisotopic (exact) mass is 497 g/mol. The third-order valence-corrected chi connectivity index (χ3v) is 6.21. The van der Waals surface area contributed by atoms with Crippen molar-refractivity contribution >= 4 is 50.7 Å². The second-order valence-electron chi connectivity index (χ2n) is 7.13. The van der Waals surface area contributed by atoms with E-state index in [0.29, 0.717) is 33.3 Å². The van der Waals surface area contributed by atoms with Crippen molar-refractivity contribution in [3.05, 3.63) is 74.2 Å². The molecule has 8 heteroatoms. The summed E-state index contributed by atoms with van der Waals surface area (Å²) in [4.78, 5) is 19.2. The molecular formula is C23H20BrN3O3S. The molecule has 158 valence electrons. The number of nitrogens with one attached hydrogen (secondary N) is 1. The lowest BCUT2D eigenvalue weighted by atomic mass is 10.1. The highest BCUT2D eigenvalue weighted by Crippen LogP contribution is 2.38. The first-order chi connectivity index (χ1) is 14.9. The minimum absolute atomic E-state index is 0.106. The van der Waals surface area contributed by atoms with Crippen LogP contribution in [0.15, 0.2) is 62.5 Å². The number of aliphatic imine (C=N–C) groups is 1. The molecule has 2 aromatic carbocycles. The van der Waals surface area contributed by atoms with Crippen molar-refractivity contribution in [2.75, 3.05) is 7.11 Å². The van der Waals surface area contributed by atoms with Gasteiger partial charge in [0, 0.05) is 11.1 Å². The van der Waals surface area contributed by atoms with Crippen molar-refractivity contribution in [1.29, 1.82) is 5.41 Å². The van der Waals surface area contributed by atoms with E-state index in [1.165, 1.54) is 17.3 Å². The molecule has 0 saturated carbocycles. The minimum Gasteiger partial charge on any atom is -0.493 e. The summed E-state index contributed by atoms with van der Waals surface area (Å²) in [5.74, 6) is 0.780. The highest BCUT2D eigenvalue weighted by Gasteiger charge is 2.32. The van der Waals surface area contributed by atoms with E-state index >= 15 is 0 Å². The maximum absolute atomic E-state index is 12.5. The Hall–Kier alpha value is -2.84. The van der Waals surface area contributed by atoms with Crippen molar-refractivity contribution in [3.63, 3.8) is 0 Å². The Labute approximate surface area is 193 Å². The van der Waals surface area contributed by atoms with Crippen LogP contribution in [-0.4, -0.2) is 28.9 Å². The zero-order chi connectivity index (χ0) is 22.1. The summed E-state index contributed by atoms with van der Waals surface area (Å²) < 4.78 is 12.2. The summed E-state index contributed by atoms with van der Waals surface area (Å²) in [5, 5.41) is 8.96. The van der Waals surface area contributed by atoms with Gasteiger partial charge in [-0.1, -0.05) is 41.6 Å². The molecule has 6 nitrogen and oxygen atoms in total. The summed E-state index contributed by atoms with van der Waals surface area (Å²) in [5.41, 5.74) is 3.14. The SMILES string of the molecule is COc1cc(/C=C2/C(=N)N3C=C(C)SC3=NC2=O)cc(Br)c1OCc1cccc(C)c1. The molecule has 0 saturated heterocycles. The standard InChI is InChI=1S/C23H20BrN3O3S/c1-13-5-4-6-15(7-13)12-30-20-18(24)9-16(10-19(20)29-3)8-17-21(25)27-11-14(2)31-23(27)26-22(17)28/h4-11,25H,12H2,1-3H3/b17-8-,25-21?. The molecule has 1 amide bonds. The van der Waals surface area contributed by atoms with Gasteiger partial charge in [-0.15, -0.1) is 0 Å². The number of amidine groups is 2. The van der Waals surface area contributed by atoms with E-state index in [4.69, 9.17) is 14.9 Å².